The summed E-state index contributed by atoms with van der Waals surface area (Å²) in [5.41, 5.74) is 4.30. The lowest BCUT2D eigenvalue weighted by Gasteiger charge is -2.41. The van der Waals surface area contributed by atoms with Crippen molar-refractivity contribution in [2.24, 2.45) is 4.99 Å². The molecule has 2 heterocycles. The highest BCUT2D eigenvalue weighted by Gasteiger charge is 2.30. The summed E-state index contributed by atoms with van der Waals surface area (Å²) in [6, 6.07) is 4.92. The normalized spacial score (nSPS) is 21.7. The van der Waals surface area contributed by atoms with Gasteiger partial charge in [0.1, 0.15) is 5.82 Å². The molecule has 0 spiro atoms. The van der Waals surface area contributed by atoms with Gasteiger partial charge in [0, 0.05) is 11.9 Å². The van der Waals surface area contributed by atoms with Crippen LogP contribution in [0.1, 0.15) is 12.5 Å². The molecule has 3 aliphatic rings. The molecule has 0 radical (unpaired) electrons. The standard InChI is InChI=1S/C20H21FN4/c1-14-9-11-24(19-6-4-3-5-17(14)19)25-12-10-22-20(25)23-18-13-16(21)8-7-15(18)2/h3-9,11,13,19H,10,12H2,1-2H3,(H,22,23). The molecule has 1 aromatic carbocycles. The van der Waals surface area contributed by atoms with Crippen LogP contribution in [0.2, 0.25) is 0 Å². The van der Waals surface area contributed by atoms with Crippen LogP contribution in [-0.2, 0) is 0 Å². The van der Waals surface area contributed by atoms with Gasteiger partial charge in [-0.25, -0.2) is 9.38 Å². The average Bonchev–Trinajstić information content (AvgIpc) is 3.07. The number of halogens is 1. The van der Waals surface area contributed by atoms with Crippen molar-refractivity contribution in [2.45, 2.75) is 19.9 Å². The fourth-order valence-electron chi connectivity index (χ4n) is 3.35. The fraction of sp³-hybridized carbons (Fsp3) is 0.250. The average molecular weight is 336 g/mol. The minimum Gasteiger partial charge on any atom is -0.324 e. The van der Waals surface area contributed by atoms with E-state index in [1.54, 1.807) is 6.07 Å². The van der Waals surface area contributed by atoms with Crippen molar-refractivity contribution in [2.75, 3.05) is 18.4 Å². The van der Waals surface area contributed by atoms with Crippen LogP contribution in [0.5, 0.6) is 0 Å². The monoisotopic (exact) mass is 336 g/mol. The molecule has 2 aliphatic heterocycles. The third kappa shape index (κ3) is 2.86. The zero-order chi connectivity index (χ0) is 17.4. The van der Waals surface area contributed by atoms with Crippen LogP contribution in [-0.4, -0.2) is 35.1 Å². The number of benzene rings is 1. The molecule has 0 amide bonds. The van der Waals surface area contributed by atoms with E-state index in [4.69, 9.17) is 0 Å². The van der Waals surface area contributed by atoms with E-state index < -0.39 is 0 Å². The Morgan fingerprint density at radius 2 is 2.08 bits per heavy atom. The number of fused-ring (bicyclic) bond motifs is 1. The SMILES string of the molecule is CC1=C2C=CC=CC2N(N2CCN=C2Nc2cc(F)ccc2C)C=C1. The van der Waals surface area contributed by atoms with Gasteiger partial charge in [0.15, 0.2) is 0 Å². The molecule has 1 N–H and O–H groups in total. The lowest BCUT2D eigenvalue weighted by molar-refractivity contribution is 0.0982. The van der Waals surface area contributed by atoms with Crippen molar-refractivity contribution >= 4 is 11.6 Å². The van der Waals surface area contributed by atoms with Crippen molar-refractivity contribution in [3.05, 3.63) is 77.3 Å². The molecule has 1 atom stereocenters. The van der Waals surface area contributed by atoms with Gasteiger partial charge < -0.3 is 5.32 Å². The van der Waals surface area contributed by atoms with E-state index in [1.165, 1.54) is 23.3 Å². The summed E-state index contributed by atoms with van der Waals surface area (Å²) in [6.45, 7) is 5.60. The zero-order valence-electron chi connectivity index (χ0n) is 14.4. The first kappa shape index (κ1) is 15.7. The number of guanidine groups is 1. The molecule has 25 heavy (non-hydrogen) atoms. The number of aryl methyl sites for hydroxylation is 1. The molecule has 4 rings (SSSR count). The van der Waals surface area contributed by atoms with E-state index in [1.807, 2.05) is 6.92 Å². The topological polar surface area (TPSA) is 30.9 Å². The van der Waals surface area contributed by atoms with Gasteiger partial charge in [0.2, 0.25) is 5.96 Å². The van der Waals surface area contributed by atoms with Gasteiger partial charge in [-0.2, -0.15) is 0 Å². The second-order valence-corrected chi connectivity index (χ2v) is 6.44. The maximum absolute atomic E-state index is 13.6. The van der Waals surface area contributed by atoms with Crippen LogP contribution >= 0.6 is 0 Å². The summed E-state index contributed by atoms with van der Waals surface area (Å²) < 4.78 is 13.6. The first-order valence-electron chi connectivity index (χ1n) is 8.51. The Kier molecular flexibility index (Phi) is 3.92. The number of hydrogen-bond acceptors (Lipinski definition) is 4. The number of aliphatic imine (C=N–C) groups is 1. The summed E-state index contributed by atoms with van der Waals surface area (Å²) in [5.74, 6) is 0.498. The number of nitrogens with one attached hydrogen (secondary N) is 1. The Balaban J connectivity index is 1.60. The van der Waals surface area contributed by atoms with Crippen LogP contribution in [0.4, 0.5) is 10.1 Å². The second kappa shape index (κ2) is 6.24. The molecule has 0 fully saturated rings. The lowest BCUT2D eigenvalue weighted by atomic mass is 9.94. The molecule has 1 aliphatic carbocycles. The van der Waals surface area contributed by atoms with Crippen molar-refractivity contribution in [3.8, 4) is 0 Å². The molecule has 1 unspecified atom stereocenters. The predicted molar refractivity (Wildman–Crippen MR) is 99.5 cm³/mol. The highest BCUT2D eigenvalue weighted by atomic mass is 19.1. The Bertz CT molecular complexity index is 847. The summed E-state index contributed by atoms with van der Waals surface area (Å²) in [6.07, 6.45) is 12.7. The van der Waals surface area contributed by atoms with Gasteiger partial charge in [-0.05, 0) is 48.8 Å². The minimum atomic E-state index is -0.252. The van der Waals surface area contributed by atoms with Crippen molar-refractivity contribution in [3.63, 3.8) is 0 Å². The van der Waals surface area contributed by atoms with Crippen LogP contribution in [0.3, 0.4) is 0 Å². The molecular weight excluding hydrogens is 315 g/mol. The van der Waals surface area contributed by atoms with Crippen molar-refractivity contribution in [1.29, 1.82) is 0 Å². The first-order valence-corrected chi connectivity index (χ1v) is 8.51. The molecular formula is C20H21FN4. The van der Waals surface area contributed by atoms with Crippen molar-refractivity contribution < 1.29 is 4.39 Å². The maximum Gasteiger partial charge on any atom is 0.217 e. The number of anilines is 1. The summed E-state index contributed by atoms with van der Waals surface area (Å²) >= 11 is 0. The molecule has 0 saturated carbocycles. The summed E-state index contributed by atoms with van der Waals surface area (Å²) in [5, 5.41) is 7.62. The van der Waals surface area contributed by atoms with E-state index in [-0.39, 0.29) is 11.9 Å². The number of hydrogen-bond donors (Lipinski definition) is 1. The molecule has 5 heteroatoms. The van der Waals surface area contributed by atoms with Gasteiger partial charge in [0.05, 0.1) is 19.1 Å². The zero-order valence-corrected chi connectivity index (χ0v) is 14.4. The predicted octanol–water partition coefficient (Wildman–Crippen LogP) is 3.77. The molecule has 128 valence electrons. The van der Waals surface area contributed by atoms with E-state index in [9.17, 15) is 4.39 Å². The van der Waals surface area contributed by atoms with Crippen LogP contribution in [0.15, 0.2) is 70.9 Å². The largest absolute Gasteiger partial charge is 0.324 e. The third-order valence-corrected chi connectivity index (χ3v) is 4.76. The quantitative estimate of drug-likeness (QED) is 0.892. The smallest absolute Gasteiger partial charge is 0.217 e. The number of allylic oxidation sites excluding steroid dienone is 4. The fourth-order valence-corrected chi connectivity index (χ4v) is 3.35. The van der Waals surface area contributed by atoms with E-state index in [0.717, 1.165) is 23.8 Å². The third-order valence-electron chi connectivity index (χ3n) is 4.76. The van der Waals surface area contributed by atoms with Gasteiger partial charge in [-0.1, -0.05) is 30.4 Å². The van der Waals surface area contributed by atoms with Crippen LogP contribution < -0.4 is 5.32 Å². The number of hydrazine groups is 1. The molecule has 4 nitrogen and oxygen atoms in total. The van der Waals surface area contributed by atoms with Gasteiger partial charge in [0.25, 0.3) is 0 Å². The Morgan fingerprint density at radius 1 is 1.20 bits per heavy atom. The highest BCUT2D eigenvalue weighted by molar-refractivity contribution is 5.95. The molecule has 0 aromatic heterocycles. The summed E-state index contributed by atoms with van der Waals surface area (Å²) in [4.78, 5) is 4.59. The van der Waals surface area contributed by atoms with Crippen LogP contribution in [0.25, 0.3) is 0 Å². The lowest BCUT2D eigenvalue weighted by Crippen LogP contribution is -2.50. The minimum absolute atomic E-state index is 0.161. The number of nitrogens with zero attached hydrogens (tertiary/aromatic N) is 3. The Morgan fingerprint density at radius 3 is 2.96 bits per heavy atom. The molecule has 0 bridgehead atoms. The van der Waals surface area contributed by atoms with E-state index in [0.29, 0.717) is 6.54 Å². The van der Waals surface area contributed by atoms with Crippen molar-refractivity contribution in [1.82, 2.24) is 10.0 Å². The number of rotatable bonds is 2. The highest BCUT2D eigenvalue weighted by Crippen LogP contribution is 2.29. The Hall–Kier alpha value is -2.82. The first-order chi connectivity index (χ1) is 12.1. The van der Waals surface area contributed by atoms with Gasteiger partial charge >= 0.3 is 0 Å². The van der Waals surface area contributed by atoms with Gasteiger partial charge in [-0.3, -0.25) is 10.0 Å². The molecule has 0 saturated heterocycles. The summed E-state index contributed by atoms with van der Waals surface area (Å²) in [7, 11) is 0. The van der Waals surface area contributed by atoms with E-state index in [2.05, 4.69) is 63.8 Å². The second-order valence-electron chi connectivity index (χ2n) is 6.44. The van der Waals surface area contributed by atoms with E-state index >= 15 is 0 Å². The van der Waals surface area contributed by atoms with Gasteiger partial charge in [-0.15, -0.1) is 0 Å². The maximum atomic E-state index is 13.6. The van der Waals surface area contributed by atoms with Crippen LogP contribution in [0, 0.1) is 12.7 Å². The Labute approximate surface area is 147 Å². The molecule has 1 aromatic rings.